The van der Waals surface area contributed by atoms with Gasteiger partial charge in [-0.25, -0.2) is 0 Å². The molecule has 0 radical (unpaired) electrons. The topological polar surface area (TPSA) is 90.1 Å². The van der Waals surface area contributed by atoms with Crippen LogP contribution in [0.15, 0.2) is 0 Å². The zero-order chi connectivity index (χ0) is 19.1. The number of alkyl halides is 6. The number of hydrogen-bond acceptors (Lipinski definition) is 4. The van der Waals surface area contributed by atoms with Gasteiger partial charge in [0.05, 0.1) is 11.8 Å². The quantitative estimate of drug-likeness (QED) is 0.333. The van der Waals surface area contributed by atoms with Crippen molar-refractivity contribution in [2.75, 3.05) is 32.7 Å². The van der Waals surface area contributed by atoms with E-state index in [-0.39, 0.29) is 32.5 Å². The van der Waals surface area contributed by atoms with E-state index in [0.717, 1.165) is 0 Å². The van der Waals surface area contributed by atoms with Crippen LogP contribution in [-0.2, 0) is 0 Å². The van der Waals surface area contributed by atoms with Crippen LogP contribution in [0.4, 0.5) is 26.3 Å². The Morgan fingerprint density at radius 1 is 0.833 bits per heavy atom. The van der Waals surface area contributed by atoms with Gasteiger partial charge in [0.25, 0.3) is 0 Å². The van der Waals surface area contributed by atoms with E-state index in [4.69, 9.17) is 17.2 Å². The van der Waals surface area contributed by atoms with E-state index in [1.165, 1.54) is 0 Å². The van der Waals surface area contributed by atoms with Crippen molar-refractivity contribution in [3.63, 3.8) is 0 Å². The fourth-order valence-corrected chi connectivity index (χ4v) is 2.73. The summed E-state index contributed by atoms with van der Waals surface area (Å²) < 4.78 is 77.7. The van der Waals surface area contributed by atoms with Crippen molar-refractivity contribution in [1.29, 1.82) is 0 Å². The van der Waals surface area contributed by atoms with E-state index in [1.807, 2.05) is 0 Å². The highest BCUT2D eigenvalue weighted by molar-refractivity contribution is 4.90. The molecule has 0 saturated carbocycles. The van der Waals surface area contributed by atoms with Crippen molar-refractivity contribution in [3.8, 4) is 0 Å². The van der Waals surface area contributed by atoms with Crippen LogP contribution < -0.4 is 22.5 Å². The molecule has 24 heavy (non-hydrogen) atoms. The zero-order valence-corrected chi connectivity index (χ0v) is 13.9. The Labute approximate surface area is 138 Å². The molecule has 1 atom stereocenters. The molecule has 146 valence electrons. The van der Waals surface area contributed by atoms with Crippen molar-refractivity contribution in [3.05, 3.63) is 0 Å². The number of nitrogens with two attached hydrogens (primary N) is 3. The molecule has 0 rings (SSSR count). The third kappa shape index (κ3) is 6.73. The van der Waals surface area contributed by atoms with Gasteiger partial charge in [-0.3, -0.25) is 0 Å². The summed E-state index contributed by atoms with van der Waals surface area (Å²) in [5.41, 5.74) is 12.7. The van der Waals surface area contributed by atoms with Gasteiger partial charge in [-0.1, -0.05) is 13.3 Å². The minimum Gasteiger partial charge on any atom is -0.330 e. The molecule has 0 fully saturated rings. The number of halogens is 6. The summed E-state index contributed by atoms with van der Waals surface area (Å²) in [6.45, 7) is -0.0435. The van der Waals surface area contributed by atoms with Gasteiger partial charge in [-0.2, -0.15) is 26.3 Å². The summed E-state index contributed by atoms with van der Waals surface area (Å²) >= 11 is 0. The van der Waals surface area contributed by atoms with Gasteiger partial charge in [-0.15, -0.1) is 0 Å². The van der Waals surface area contributed by atoms with Gasteiger partial charge in [0.2, 0.25) is 0 Å². The Bertz CT molecular complexity index is 354. The summed E-state index contributed by atoms with van der Waals surface area (Å²) in [6.07, 6.45) is -10.0. The molecule has 7 N–H and O–H groups in total. The van der Waals surface area contributed by atoms with E-state index in [9.17, 15) is 26.3 Å². The Balaban J connectivity index is 4.81. The Morgan fingerprint density at radius 2 is 1.38 bits per heavy atom. The minimum absolute atomic E-state index is 0.0496. The van der Waals surface area contributed by atoms with Crippen molar-refractivity contribution >= 4 is 0 Å². The Hall–Kier alpha value is -0.580. The maximum absolute atomic E-state index is 13.3. The van der Waals surface area contributed by atoms with E-state index < -0.39 is 42.7 Å². The first-order valence-electron chi connectivity index (χ1n) is 7.85. The lowest BCUT2D eigenvalue weighted by Gasteiger charge is -2.36. The average Bonchev–Trinajstić information content (AvgIpc) is 2.46. The Kier molecular flexibility index (Phi) is 8.99. The van der Waals surface area contributed by atoms with Crippen molar-refractivity contribution < 1.29 is 26.3 Å². The minimum atomic E-state index is -4.49. The van der Waals surface area contributed by atoms with Gasteiger partial charge in [0, 0.05) is 18.5 Å². The van der Waals surface area contributed by atoms with Gasteiger partial charge < -0.3 is 22.5 Å². The lowest BCUT2D eigenvalue weighted by molar-refractivity contribution is -0.221. The maximum Gasteiger partial charge on any atom is 0.396 e. The van der Waals surface area contributed by atoms with Crippen LogP contribution in [-0.4, -0.2) is 45.1 Å². The SMILES string of the molecule is CCCC(CN)(CNCCC(CN)(CN)CC(F)(F)F)C(F)(F)F. The van der Waals surface area contributed by atoms with E-state index in [1.54, 1.807) is 6.92 Å². The summed E-state index contributed by atoms with van der Waals surface area (Å²) in [5, 5.41) is 2.60. The van der Waals surface area contributed by atoms with Crippen LogP contribution in [0, 0.1) is 10.8 Å². The summed E-state index contributed by atoms with van der Waals surface area (Å²) in [5.74, 6) is 0. The van der Waals surface area contributed by atoms with Crippen LogP contribution in [0.2, 0.25) is 0 Å². The summed E-state index contributed by atoms with van der Waals surface area (Å²) in [6, 6.07) is 0. The molecule has 0 aromatic carbocycles. The predicted molar refractivity (Wildman–Crippen MR) is 81.2 cm³/mol. The largest absolute Gasteiger partial charge is 0.396 e. The van der Waals surface area contributed by atoms with Crippen LogP contribution in [0.25, 0.3) is 0 Å². The zero-order valence-electron chi connectivity index (χ0n) is 13.9. The van der Waals surface area contributed by atoms with Crippen molar-refractivity contribution in [2.24, 2.45) is 28.0 Å². The van der Waals surface area contributed by atoms with Crippen LogP contribution in [0.3, 0.4) is 0 Å². The average molecular weight is 366 g/mol. The normalized spacial score (nSPS) is 16.2. The molecule has 0 aliphatic carbocycles. The van der Waals surface area contributed by atoms with Gasteiger partial charge >= 0.3 is 12.4 Å². The summed E-state index contributed by atoms with van der Waals surface area (Å²) in [7, 11) is 0. The van der Waals surface area contributed by atoms with Crippen LogP contribution in [0.1, 0.15) is 32.6 Å². The predicted octanol–water partition coefficient (Wildman–Crippen LogP) is 2.13. The molecule has 0 bridgehead atoms. The highest BCUT2D eigenvalue weighted by atomic mass is 19.4. The lowest BCUT2D eigenvalue weighted by Crippen LogP contribution is -2.52. The van der Waals surface area contributed by atoms with Gasteiger partial charge in [0.15, 0.2) is 0 Å². The third-order valence-electron chi connectivity index (χ3n) is 4.46. The fraction of sp³-hybridized carbons (Fsp3) is 1.00. The number of nitrogens with one attached hydrogen (secondary N) is 1. The molecule has 0 aromatic heterocycles. The first-order chi connectivity index (χ1) is 10.9. The number of hydrogen-bond donors (Lipinski definition) is 4. The first-order valence-corrected chi connectivity index (χ1v) is 7.85. The highest BCUT2D eigenvalue weighted by Gasteiger charge is 2.52. The molecule has 0 aromatic rings. The molecule has 0 amide bonds. The molecule has 0 aliphatic rings. The maximum atomic E-state index is 13.3. The second kappa shape index (κ2) is 9.21. The smallest absolute Gasteiger partial charge is 0.330 e. The van der Waals surface area contributed by atoms with Crippen LogP contribution in [0.5, 0.6) is 0 Å². The molecular formula is C14H28F6N4. The molecule has 0 heterocycles. The second-order valence-corrected chi connectivity index (χ2v) is 6.36. The number of rotatable bonds is 11. The molecular weight excluding hydrogens is 338 g/mol. The Morgan fingerprint density at radius 3 is 1.71 bits per heavy atom. The van der Waals surface area contributed by atoms with Crippen molar-refractivity contribution in [1.82, 2.24) is 5.32 Å². The molecule has 4 nitrogen and oxygen atoms in total. The first kappa shape index (κ1) is 23.4. The lowest BCUT2D eigenvalue weighted by atomic mass is 9.80. The van der Waals surface area contributed by atoms with Gasteiger partial charge in [-0.05, 0) is 32.5 Å². The monoisotopic (exact) mass is 366 g/mol. The molecule has 0 aliphatic heterocycles. The van der Waals surface area contributed by atoms with Crippen LogP contribution >= 0.6 is 0 Å². The fourth-order valence-electron chi connectivity index (χ4n) is 2.73. The van der Waals surface area contributed by atoms with Crippen molar-refractivity contribution in [2.45, 2.75) is 45.0 Å². The highest BCUT2D eigenvalue weighted by Crippen LogP contribution is 2.41. The molecule has 10 heteroatoms. The standard InChI is InChI=1S/C14H28F6N4/c1-2-3-12(9-23,14(18,19)20)10-24-5-4-11(7-21,8-22)6-13(15,16)17/h24H,2-10,21-23H2,1H3. The molecule has 1 unspecified atom stereocenters. The third-order valence-corrected chi connectivity index (χ3v) is 4.46. The van der Waals surface area contributed by atoms with E-state index in [2.05, 4.69) is 5.32 Å². The van der Waals surface area contributed by atoms with E-state index in [0.29, 0.717) is 6.42 Å². The molecule has 0 saturated heterocycles. The van der Waals surface area contributed by atoms with E-state index >= 15 is 0 Å². The second-order valence-electron chi connectivity index (χ2n) is 6.36. The molecule has 0 spiro atoms. The summed E-state index contributed by atoms with van der Waals surface area (Å²) in [4.78, 5) is 0. The van der Waals surface area contributed by atoms with Gasteiger partial charge in [0.1, 0.15) is 0 Å².